The summed E-state index contributed by atoms with van der Waals surface area (Å²) in [7, 11) is 0. The number of carbonyl (C=O) groups excluding carboxylic acids is 1. The first kappa shape index (κ1) is 19.0. The summed E-state index contributed by atoms with van der Waals surface area (Å²) < 4.78 is 7.52. The minimum atomic E-state index is -0.201. The van der Waals surface area contributed by atoms with Crippen molar-refractivity contribution in [1.82, 2.24) is 9.78 Å². The van der Waals surface area contributed by atoms with E-state index in [9.17, 15) is 4.79 Å². The molecule has 0 fully saturated rings. The fraction of sp³-hybridized carbons (Fsp3) is 0.500. The third kappa shape index (κ3) is 5.34. The van der Waals surface area contributed by atoms with E-state index in [1.807, 2.05) is 29.8 Å². The average molecular weight is 343 g/mol. The van der Waals surface area contributed by atoms with Gasteiger partial charge in [-0.25, -0.2) is 4.68 Å². The molecule has 25 heavy (non-hydrogen) atoms. The maximum atomic E-state index is 12.5. The van der Waals surface area contributed by atoms with Crippen molar-refractivity contribution in [2.75, 3.05) is 11.9 Å². The van der Waals surface area contributed by atoms with Crippen molar-refractivity contribution in [2.24, 2.45) is 0 Å². The summed E-state index contributed by atoms with van der Waals surface area (Å²) in [5, 5.41) is 7.43. The molecule has 1 aromatic carbocycles. The second-order valence-electron chi connectivity index (χ2n) is 7.29. The number of unbranched alkanes of at least 4 members (excludes halogenated alkanes) is 2. The molecule has 2 rings (SSSR count). The highest BCUT2D eigenvalue weighted by atomic mass is 16.5. The first-order valence-corrected chi connectivity index (χ1v) is 8.92. The third-order valence-corrected chi connectivity index (χ3v) is 3.84. The van der Waals surface area contributed by atoms with E-state index in [-0.39, 0.29) is 11.4 Å². The van der Waals surface area contributed by atoms with Crippen molar-refractivity contribution >= 4 is 11.7 Å². The first-order chi connectivity index (χ1) is 11.8. The minimum Gasteiger partial charge on any atom is -0.494 e. The molecule has 1 aromatic heterocycles. The Hall–Kier alpha value is -2.30. The van der Waals surface area contributed by atoms with E-state index in [1.54, 1.807) is 12.1 Å². The van der Waals surface area contributed by atoms with Gasteiger partial charge in [-0.1, -0.05) is 19.8 Å². The maximum Gasteiger partial charge on any atom is 0.256 e. The standard InChI is InChI=1S/C20H29N3O2/c1-6-7-8-13-25-17-11-9-16(10-12-17)19(24)21-18-14-15(2)22-23(18)20(3,4)5/h9-12,14H,6-8,13H2,1-5H3,(H,21,24). The number of benzene rings is 1. The van der Waals surface area contributed by atoms with Gasteiger partial charge in [0, 0.05) is 11.6 Å². The minimum absolute atomic E-state index is 0.150. The van der Waals surface area contributed by atoms with Crippen LogP contribution < -0.4 is 10.1 Å². The van der Waals surface area contributed by atoms with Crippen LogP contribution in [0, 0.1) is 6.92 Å². The van der Waals surface area contributed by atoms with Gasteiger partial charge in [-0.05, 0) is 58.4 Å². The summed E-state index contributed by atoms with van der Waals surface area (Å²) in [4.78, 5) is 12.5. The molecule has 0 unspecified atom stereocenters. The molecule has 136 valence electrons. The number of ether oxygens (including phenoxy) is 1. The van der Waals surface area contributed by atoms with Gasteiger partial charge in [0.1, 0.15) is 11.6 Å². The van der Waals surface area contributed by atoms with Crippen LogP contribution in [0.15, 0.2) is 30.3 Å². The lowest BCUT2D eigenvalue weighted by molar-refractivity contribution is 0.102. The van der Waals surface area contributed by atoms with Crippen molar-refractivity contribution in [3.8, 4) is 5.75 Å². The third-order valence-electron chi connectivity index (χ3n) is 3.84. The van der Waals surface area contributed by atoms with Gasteiger partial charge in [0.05, 0.1) is 17.8 Å². The predicted octanol–water partition coefficient (Wildman–Crippen LogP) is 4.77. The number of hydrogen-bond acceptors (Lipinski definition) is 3. The summed E-state index contributed by atoms with van der Waals surface area (Å²) in [6.45, 7) is 11.0. The van der Waals surface area contributed by atoms with Gasteiger partial charge in [-0.15, -0.1) is 0 Å². The molecule has 0 atom stereocenters. The van der Waals surface area contributed by atoms with E-state index >= 15 is 0 Å². The lowest BCUT2D eigenvalue weighted by atomic mass is 10.1. The number of carbonyl (C=O) groups is 1. The molecule has 0 saturated heterocycles. The van der Waals surface area contributed by atoms with Gasteiger partial charge in [0.15, 0.2) is 0 Å². The maximum absolute atomic E-state index is 12.5. The highest BCUT2D eigenvalue weighted by Crippen LogP contribution is 2.22. The SMILES string of the molecule is CCCCCOc1ccc(C(=O)Nc2cc(C)nn2C(C)(C)C)cc1. The van der Waals surface area contributed by atoms with Crippen molar-refractivity contribution < 1.29 is 9.53 Å². The number of aryl methyl sites for hydroxylation is 1. The molecule has 1 amide bonds. The van der Waals surface area contributed by atoms with Gasteiger partial charge in [0.2, 0.25) is 0 Å². The fourth-order valence-electron chi connectivity index (χ4n) is 2.53. The summed E-state index contributed by atoms with van der Waals surface area (Å²) in [6.07, 6.45) is 3.39. The molecule has 0 saturated carbocycles. The van der Waals surface area contributed by atoms with Gasteiger partial charge in [0.25, 0.3) is 5.91 Å². The van der Waals surface area contributed by atoms with Crippen LogP contribution in [0.5, 0.6) is 5.75 Å². The van der Waals surface area contributed by atoms with Crippen molar-refractivity contribution in [2.45, 2.75) is 59.4 Å². The van der Waals surface area contributed by atoms with Gasteiger partial charge in [-0.2, -0.15) is 5.10 Å². The topological polar surface area (TPSA) is 56.1 Å². The Morgan fingerprint density at radius 3 is 2.48 bits per heavy atom. The fourth-order valence-corrected chi connectivity index (χ4v) is 2.53. The summed E-state index contributed by atoms with van der Waals surface area (Å²) >= 11 is 0. The number of nitrogens with zero attached hydrogens (tertiary/aromatic N) is 2. The van der Waals surface area contributed by atoms with E-state index in [2.05, 4.69) is 38.1 Å². The second kappa shape index (κ2) is 8.19. The monoisotopic (exact) mass is 343 g/mol. The van der Waals surface area contributed by atoms with Gasteiger partial charge >= 0.3 is 0 Å². The normalized spacial score (nSPS) is 11.4. The predicted molar refractivity (Wildman–Crippen MR) is 101 cm³/mol. The van der Waals surface area contributed by atoms with Crippen LogP contribution in [0.2, 0.25) is 0 Å². The van der Waals surface area contributed by atoms with E-state index in [1.165, 1.54) is 12.8 Å². The molecule has 0 aliphatic heterocycles. The highest BCUT2D eigenvalue weighted by Gasteiger charge is 2.20. The van der Waals surface area contributed by atoms with E-state index in [4.69, 9.17) is 4.74 Å². The molecular formula is C20H29N3O2. The molecule has 0 spiro atoms. The molecule has 1 N–H and O–H groups in total. The van der Waals surface area contributed by atoms with Crippen LogP contribution >= 0.6 is 0 Å². The van der Waals surface area contributed by atoms with Crippen LogP contribution in [-0.2, 0) is 5.54 Å². The van der Waals surface area contributed by atoms with Crippen LogP contribution in [0.4, 0.5) is 5.82 Å². The zero-order chi connectivity index (χ0) is 18.4. The largest absolute Gasteiger partial charge is 0.494 e. The quantitative estimate of drug-likeness (QED) is 0.737. The smallest absolute Gasteiger partial charge is 0.256 e. The Labute approximate surface area is 150 Å². The van der Waals surface area contributed by atoms with E-state index < -0.39 is 0 Å². The second-order valence-corrected chi connectivity index (χ2v) is 7.29. The van der Waals surface area contributed by atoms with E-state index in [0.717, 1.165) is 17.9 Å². The van der Waals surface area contributed by atoms with Crippen molar-refractivity contribution in [1.29, 1.82) is 0 Å². The lowest BCUT2D eigenvalue weighted by Crippen LogP contribution is -2.26. The van der Waals surface area contributed by atoms with Crippen molar-refractivity contribution in [3.63, 3.8) is 0 Å². The Kier molecular flexibility index (Phi) is 6.23. The lowest BCUT2D eigenvalue weighted by Gasteiger charge is -2.22. The molecule has 2 aromatic rings. The van der Waals surface area contributed by atoms with Gasteiger partial charge < -0.3 is 10.1 Å². The Bertz CT molecular complexity index is 697. The molecule has 5 nitrogen and oxygen atoms in total. The van der Waals surface area contributed by atoms with Gasteiger partial charge in [-0.3, -0.25) is 4.79 Å². The van der Waals surface area contributed by atoms with Crippen LogP contribution in [0.3, 0.4) is 0 Å². The summed E-state index contributed by atoms with van der Waals surface area (Å²) in [5.74, 6) is 1.35. The number of hydrogen-bond donors (Lipinski definition) is 1. The zero-order valence-corrected chi connectivity index (χ0v) is 15.9. The van der Waals surface area contributed by atoms with Crippen LogP contribution in [0.1, 0.15) is 63.0 Å². The Morgan fingerprint density at radius 1 is 1.20 bits per heavy atom. The zero-order valence-electron chi connectivity index (χ0n) is 15.9. The Morgan fingerprint density at radius 2 is 1.88 bits per heavy atom. The molecule has 0 aliphatic carbocycles. The number of rotatable bonds is 7. The van der Waals surface area contributed by atoms with E-state index in [0.29, 0.717) is 18.0 Å². The summed E-state index contributed by atoms with van der Waals surface area (Å²) in [6, 6.07) is 9.14. The molecular weight excluding hydrogens is 314 g/mol. The van der Waals surface area contributed by atoms with Crippen LogP contribution in [-0.4, -0.2) is 22.3 Å². The van der Waals surface area contributed by atoms with Crippen LogP contribution in [0.25, 0.3) is 0 Å². The first-order valence-electron chi connectivity index (χ1n) is 8.92. The molecule has 0 radical (unpaired) electrons. The van der Waals surface area contributed by atoms with Crippen molar-refractivity contribution in [3.05, 3.63) is 41.6 Å². The molecule has 1 heterocycles. The molecule has 5 heteroatoms. The Balaban J connectivity index is 2.02. The average Bonchev–Trinajstić information content (AvgIpc) is 2.93. The number of aromatic nitrogens is 2. The number of amides is 1. The summed E-state index contributed by atoms with van der Waals surface area (Å²) in [5.41, 5.74) is 1.27. The number of anilines is 1. The molecule has 0 aliphatic rings. The highest BCUT2D eigenvalue weighted by molar-refractivity contribution is 6.03. The molecule has 0 bridgehead atoms. The number of nitrogens with one attached hydrogen (secondary N) is 1.